The van der Waals surface area contributed by atoms with Gasteiger partial charge < -0.3 is 15.4 Å². The number of nitrogens with one attached hydrogen (secondary N) is 2. The molecule has 1 aromatic heterocycles. The summed E-state index contributed by atoms with van der Waals surface area (Å²) in [6.45, 7) is 8.08. The summed E-state index contributed by atoms with van der Waals surface area (Å²) in [5.41, 5.74) is 0.0427. The van der Waals surface area contributed by atoms with Gasteiger partial charge in [-0.15, -0.1) is 11.3 Å². The first-order chi connectivity index (χ1) is 10.5. The highest BCUT2D eigenvalue weighted by Crippen LogP contribution is 2.52. The first kappa shape index (κ1) is 15.8. The summed E-state index contributed by atoms with van der Waals surface area (Å²) in [7, 11) is 0. The molecule has 0 bridgehead atoms. The Kier molecular flexibility index (Phi) is 4.46. The van der Waals surface area contributed by atoms with Gasteiger partial charge in [0.25, 0.3) is 0 Å². The number of carbonyl (C=O) groups excluding carboxylic acids is 1. The molecule has 0 unspecified atom stereocenters. The van der Waals surface area contributed by atoms with Crippen molar-refractivity contribution in [1.29, 1.82) is 0 Å². The van der Waals surface area contributed by atoms with Gasteiger partial charge in [-0.2, -0.15) is 0 Å². The fourth-order valence-electron chi connectivity index (χ4n) is 3.92. The van der Waals surface area contributed by atoms with E-state index in [1.165, 1.54) is 4.88 Å². The summed E-state index contributed by atoms with van der Waals surface area (Å²) >= 11 is 1.78. The Morgan fingerprint density at radius 2 is 2.36 bits per heavy atom. The van der Waals surface area contributed by atoms with E-state index >= 15 is 0 Å². The molecule has 1 saturated heterocycles. The molecule has 3 rings (SSSR count). The molecule has 1 aliphatic heterocycles. The number of carbonyl (C=O) groups is 1. The van der Waals surface area contributed by atoms with E-state index in [-0.39, 0.29) is 17.5 Å². The number of thiophene rings is 1. The van der Waals surface area contributed by atoms with E-state index in [4.69, 9.17) is 4.74 Å². The van der Waals surface area contributed by atoms with Gasteiger partial charge in [0.1, 0.15) is 0 Å². The lowest BCUT2D eigenvalue weighted by Crippen LogP contribution is -2.67. The Balaban J connectivity index is 1.43. The van der Waals surface area contributed by atoms with Gasteiger partial charge in [0.2, 0.25) is 0 Å². The zero-order valence-corrected chi connectivity index (χ0v) is 14.4. The molecule has 0 radical (unpaired) electrons. The first-order valence-electron chi connectivity index (χ1n) is 8.17. The molecule has 0 spiro atoms. The van der Waals surface area contributed by atoms with Crippen LogP contribution in [0.5, 0.6) is 0 Å². The predicted molar refractivity (Wildman–Crippen MR) is 89.1 cm³/mol. The van der Waals surface area contributed by atoms with Crippen LogP contribution >= 0.6 is 11.3 Å². The van der Waals surface area contributed by atoms with Crippen LogP contribution in [0.1, 0.15) is 32.1 Å². The topological polar surface area (TPSA) is 50.4 Å². The van der Waals surface area contributed by atoms with Gasteiger partial charge in [-0.3, -0.25) is 0 Å². The fraction of sp³-hybridized carbons (Fsp3) is 0.706. The molecule has 4 atom stereocenters. The minimum Gasteiger partial charge on any atom is -0.377 e. The van der Waals surface area contributed by atoms with Gasteiger partial charge in [-0.1, -0.05) is 26.8 Å². The van der Waals surface area contributed by atoms with Crippen LogP contribution in [0.3, 0.4) is 0 Å². The van der Waals surface area contributed by atoms with Gasteiger partial charge in [-0.05, 0) is 30.2 Å². The molecule has 2 heterocycles. The SMILES string of the molecule is C[C@H](CNC(=O)N[C@@H]1[C@H]2CCO[C@H]2C1(C)C)Cc1cccs1. The Hall–Kier alpha value is -1.07. The predicted octanol–water partition coefficient (Wildman–Crippen LogP) is 3.04. The van der Waals surface area contributed by atoms with Crippen molar-refractivity contribution < 1.29 is 9.53 Å². The highest BCUT2D eigenvalue weighted by Gasteiger charge is 2.59. The maximum absolute atomic E-state index is 12.2. The molecular formula is C17H26N2O2S. The summed E-state index contributed by atoms with van der Waals surface area (Å²) in [4.78, 5) is 13.5. The highest BCUT2D eigenvalue weighted by atomic mass is 32.1. The number of fused-ring (bicyclic) bond motifs is 1. The van der Waals surface area contributed by atoms with Crippen molar-refractivity contribution in [2.24, 2.45) is 17.3 Å². The van der Waals surface area contributed by atoms with Crippen molar-refractivity contribution in [3.05, 3.63) is 22.4 Å². The standard InChI is InChI=1S/C17H26N2O2S/c1-11(9-12-5-4-8-22-12)10-18-16(20)19-14-13-6-7-21-15(13)17(14,2)3/h4-5,8,11,13-15H,6-7,9-10H2,1-3H3,(H2,18,19,20)/t11-,13+,14+,15+/m0/s1. The number of ether oxygens (including phenoxy) is 1. The summed E-state index contributed by atoms with van der Waals surface area (Å²) in [6.07, 6.45) is 2.40. The average molecular weight is 322 g/mol. The van der Waals surface area contributed by atoms with Gasteiger partial charge in [0.05, 0.1) is 6.10 Å². The average Bonchev–Trinajstić information content (AvgIpc) is 3.12. The third-order valence-corrected chi connectivity index (χ3v) is 6.03. The van der Waals surface area contributed by atoms with E-state index in [0.717, 1.165) is 19.4 Å². The Morgan fingerprint density at radius 1 is 1.55 bits per heavy atom. The highest BCUT2D eigenvalue weighted by molar-refractivity contribution is 7.09. The molecule has 2 aliphatic rings. The molecule has 22 heavy (non-hydrogen) atoms. The van der Waals surface area contributed by atoms with Gasteiger partial charge >= 0.3 is 6.03 Å². The zero-order valence-electron chi connectivity index (χ0n) is 13.6. The van der Waals surface area contributed by atoms with Crippen molar-refractivity contribution in [1.82, 2.24) is 10.6 Å². The molecule has 2 amide bonds. The van der Waals surface area contributed by atoms with Gasteiger partial charge in [0, 0.05) is 35.4 Å². The molecule has 0 aromatic carbocycles. The number of urea groups is 1. The van der Waals surface area contributed by atoms with Crippen molar-refractivity contribution in [2.75, 3.05) is 13.2 Å². The Labute approximate surface area is 136 Å². The van der Waals surface area contributed by atoms with E-state index < -0.39 is 0 Å². The number of amides is 2. The zero-order chi connectivity index (χ0) is 15.7. The van der Waals surface area contributed by atoms with E-state index in [2.05, 4.69) is 48.9 Å². The van der Waals surface area contributed by atoms with Crippen LogP contribution in [0.4, 0.5) is 4.79 Å². The molecule has 2 fully saturated rings. The number of hydrogen-bond donors (Lipinski definition) is 2. The lowest BCUT2D eigenvalue weighted by atomic mass is 9.57. The van der Waals surface area contributed by atoms with Crippen molar-refractivity contribution in [3.8, 4) is 0 Å². The van der Waals surface area contributed by atoms with Crippen LogP contribution in [0.15, 0.2) is 17.5 Å². The molecule has 122 valence electrons. The second-order valence-electron chi connectivity index (χ2n) is 7.29. The maximum Gasteiger partial charge on any atom is 0.315 e. The monoisotopic (exact) mass is 322 g/mol. The van der Waals surface area contributed by atoms with Crippen LogP contribution in [0.25, 0.3) is 0 Å². The fourth-order valence-corrected chi connectivity index (χ4v) is 4.79. The summed E-state index contributed by atoms with van der Waals surface area (Å²) in [5, 5.41) is 8.29. The van der Waals surface area contributed by atoms with Crippen LogP contribution < -0.4 is 10.6 Å². The number of rotatable bonds is 5. The van der Waals surface area contributed by atoms with Crippen LogP contribution in [0, 0.1) is 17.3 Å². The van der Waals surface area contributed by atoms with Crippen molar-refractivity contribution >= 4 is 17.4 Å². The maximum atomic E-state index is 12.2. The second kappa shape index (κ2) is 6.20. The van der Waals surface area contributed by atoms with Gasteiger partial charge in [0.15, 0.2) is 0 Å². The summed E-state index contributed by atoms with van der Waals surface area (Å²) in [5.74, 6) is 0.936. The Morgan fingerprint density at radius 3 is 3.09 bits per heavy atom. The van der Waals surface area contributed by atoms with E-state index in [1.54, 1.807) is 11.3 Å². The minimum atomic E-state index is -0.0403. The van der Waals surface area contributed by atoms with Crippen LogP contribution in [0.2, 0.25) is 0 Å². The van der Waals surface area contributed by atoms with Crippen LogP contribution in [-0.2, 0) is 11.2 Å². The smallest absolute Gasteiger partial charge is 0.315 e. The third kappa shape index (κ3) is 3.01. The lowest BCUT2D eigenvalue weighted by molar-refractivity contribution is -0.108. The molecular weight excluding hydrogens is 296 g/mol. The number of hydrogen-bond acceptors (Lipinski definition) is 3. The largest absolute Gasteiger partial charge is 0.377 e. The molecule has 2 N–H and O–H groups in total. The molecule has 1 aliphatic carbocycles. The summed E-state index contributed by atoms with van der Waals surface area (Å²) in [6, 6.07) is 4.42. The van der Waals surface area contributed by atoms with E-state index in [9.17, 15) is 4.79 Å². The molecule has 5 heteroatoms. The minimum absolute atomic E-state index is 0.0403. The van der Waals surface area contributed by atoms with Gasteiger partial charge in [-0.25, -0.2) is 4.79 Å². The van der Waals surface area contributed by atoms with E-state index in [1.807, 2.05) is 0 Å². The Bertz CT molecular complexity index is 515. The lowest BCUT2D eigenvalue weighted by Gasteiger charge is -2.54. The molecule has 1 aromatic rings. The first-order valence-corrected chi connectivity index (χ1v) is 9.05. The second-order valence-corrected chi connectivity index (χ2v) is 8.32. The normalized spacial score (nSPS) is 30.2. The summed E-state index contributed by atoms with van der Waals surface area (Å²) < 4.78 is 5.77. The van der Waals surface area contributed by atoms with E-state index in [0.29, 0.717) is 24.5 Å². The van der Waals surface area contributed by atoms with Crippen molar-refractivity contribution in [2.45, 2.75) is 45.8 Å². The molecule has 4 nitrogen and oxygen atoms in total. The quantitative estimate of drug-likeness (QED) is 0.875. The third-order valence-electron chi connectivity index (χ3n) is 5.13. The van der Waals surface area contributed by atoms with Crippen LogP contribution in [-0.4, -0.2) is 31.3 Å². The molecule has 1 saturated carbocycles. The van der Waals surface area contributed by atoms with Crippen molar-refractivity contribution in [3.63, 3.8) is 0 Å².